The van der Waals surface area contributed by atoms with E-state index < -0.39 is 28.5 Å². The summed E-state index contributed by atoms with van der Waals surface area (Å²) in [5.41, 5.74) is 1.00. The van der Waals surface area contributed by atoms with Crippen molar-refractivity contribution in [1.82, 2.24) is 10.2 Å². The Hall–Kier alpha value is -3.21. The van der Waals surface area contributed by atoms with Crippen molar-refractivity contribution < 1.29 is 22.7 Å². The van der Waals surface area contributed by atoms with Gasteiger partial charge in [-0.25, -0.2) is 8.42 Å². The Morgan fingerprint density at radius 2 is 1.67 bits per heavy atom. The van der Waals surface area contributed by atoms with Crippen molar-refractivity contribution in [2.75, 3.05) is 23.7 Å². The number of benzene rings is 3. The molecule has 0 radical (unpaired) electrons. The topological polar surface area (TPSA) is 96.0 Å². The van der Waals surface area contributed by atoms with Crippen LogP contribution in [0, 0.1) is 0 Å². The maximum atomic E-state index is 14.0. The van der Waals surface area contributed by atoms with E-state index in [9.17, 15) is 18.0 Å². The monoisotopic (exact) mass is 631 g/mol. The highest BCUT2D eigenvalue weighted by molar-refractivity contribution is 7.98. The lowest BCUT2D eigenvalue weighted by molar-refractivity contribution is -0.139. The maximum Gasteiger partial charge on any atom is 0.264 e. The Bertz CT molecular complexity index is 1450. The second-order valence-corrected chi connectivity index (χ2v) is 12.9. The van der Waals surface area contributed by atoms with Gasteiger partial charge in [0.05, 0.1) is 17.2 Å². The Morgan fingerprint density at radius 3 is 2.24 bits per heavy atom. The molecule has 3 aromatic carbocycles. The fourth-order valence-electron chi connectivity index (χ4n) is 4.16. The Kier molecular flexibility index (Phi) is 12.1. The standard InChI is InChI=1S/C31H38ClN3O5S2/c1-6-22(3)33-31(37)23(4)34(20-24-9-8-10-25(32)19-24)30(36)21-35(26-11-13-27(14-12-26)40-7-2)42(38,39)29-17-15-28(41-5)16-18-29/h8-19,22-23H,6-7,20-21H2,1-5H3,(H,33,37)/t22-,23-/m1/s1. The number of carbonyl (C=O) groups excluding carboxylic acids is 2. The number of anilines is 1. The molecule has 11 heteroatoms. The summed E-state index contributed by atoms with van der Waals surface area (Å²) in [6, 6.07) is 19.1. The molecule has 42 heavy (non-hydrogen) atoms. The lowest BCUT2D eigenvalue weighted by atomic mass is 10.1. The largest absolute Gasteiger partial charge is 0.494 e. The summed E-state index contributed by atoms with van der Waals surface area (Å²) in [5, 5.41) is 3.41. The minimum Gasteiger partial charge on any atom is -0.494 e. The maximum absolute atomic E-state index is 14.0. The highest BCUT2D eigenvalue weighted by Crippen LogP contribution is 2.28. The fraction of sp³-hybridized carbons (Fsp3) is 0.355. The number of halogens is 1. The van der Waals surface area contributed by atoms with E-state index in [1.807, 2.05) is 27.0 Å². The van der Waals surface area contributed by atoms with Gasteiger partial charge in [-0.1, -0.05) is 30.7 Å². The highest BCUT2D eigenvalue weighted by atomic mass is 35.5. The van der Waals surface area contributed by atoms with Crippen LogP contribution < -0.4 is 14.4 Å². The Morgan fingerprint density at radius 1 is 1.00 bits per heavy atom. The Balaban J connectivity index is 2.03. The molecule has 1 N–H and O–H groups in total. The Labute approximate surface area is 258 Å². The first-order chi connectivity index (χ1) is 20.0. The first-order valence-corrected chi connectivity index (χ1v) is 16.8. The second kappa shape index (κ2) is 15.3. The molecule has 0 heterocycles. The van der Waals surface area contributed by atoms with Gasteiger partial charge in [-0.3, -0.25) is 13.9 Å². The molecule has 226 valence electrons. The molecule has 3 rings (SSSR count). The van der Waals surface area contributed by atoms with E-state index in [1.165, 1.54) is 28.8 Å². The molecule has 2 amide bonds. The van der Waals surface area contributed by atoms with Crippen molar-refractivity contribution in [3.63, 3.8) is 0 Å². The zero-order chi connectivity index (χ0) is 30.9. The predicted octanol–water partition coefficient (Wildman–Crippen LogP) is 5.99. The average molecular weight is 632 g/mol. The molecule has 0 aliphatic rings. The number of rotatable bonds is 14. The lowest BCUT2D eigenvalue weighted by Crippen LogP contribution is -2.52. The van der Waals surface area contributed by atoms with Crippen molar-refractivity contribution in [1.29, 1.82) is 0 Å². The number of amides is 2. The minimum atomic E-state index is -4.17. The number of nitrogens with one attached hydrogen (secondary N) is 1. The van der Waals surface area contributed by atoms with E-state index in [0.29, 0.717) is 28.6 Å². The summed E-state index contributed by atoms with van der Waals surface area (Å²) in [7, 11) is -4.17. The fourth-order valence-corrected chi connectivity index (χ4v) is 6.19. The third-order valence-corrected chi connectivity index (χ3v) is 9.54. The quantitative estimate of drug-likeness (QED) is 0.220. The molecule has 0 bridgehead atoms. The van der Waals surface area contributed by atoms with Gasteiger partial charge < -0.3 is 15.0 Å². The van der Waals surface area contributed by atoms with Crippen LogP contribution >= 0.6 is 23.4 Å². The normalized spacial score (nSPS) is 12.7. The van der Waals surface area contributed by atoms with E-state index in [4.69, 9.17) is 16.3 Å². The third kappa shape index (κ3) is 8.65. The van der Waals surface area contributed by atoms with E-state index in [2.05, 4.69) is 5.32 Å². The van der Waals surface area contributed by atoms with Gasteiger partial charge in [0.2, 0.25) is 11.8 Å². The summed E-state index contributed by atoms with van der Waals surface area (Å²) in [4.78, 5) is 29.6. The van der Waals surface area contributed by atoms with Crippen LogP contribution in [0.4, 0.5) is 5.69 Å². The predicted molar refractivity (Wildman–Crippen MR) is 170 cm³/mol. The number of nitrogens with zero attached hydrogens (tertiary/aromatic N) is 2. The van der Waals surface area contributed by atoms with Gasteiger partial charge >= 0.3 is 0 Å². The zero-order valence-corrected chi connectivity index (χ0v) is 26.9. The molecule has 0 aliphatic carbocycles. The second-order valence-electron chi connectivity index (χ2n) is 9.76. The first-order valence-electron chi connectivity index (χ1n) is 13.7. The average Bonchev–Trinajstić information content (AvgIpc) is 2.98. The summed E-state index contributed by atoms with van der Waals surface area (Å²) < 4.78 is 34.6. The summed E-state index contributed by atoms with van der Waals surface area (Å²) in [6.45, 7) is 7.32. The van der Waals surface area contributed by atoms with Gasteiger partial charge in [0.25, 0.3) is 10.0 Å². The van der Waals surface area contributed by atoms with E-state index in [-0.39, 0.29) is 23.4 Å². The van der Waals surface area contributed by atoms with Gasteiger partial charge in [0, 0.05) is 22.5 Å². The van der Waals surface area contributed by atoms with E-state index in [1.54, 1.807) is 67.6 Å². The van der Waals surface area contributed by atoms with Crippen LogP contribution in [0.1, 0.15) is 39.7 Å². The van der Waals surface area contributed by atoms with Crippen molar-refractivity contribution in [2.24, 2.45) is 0 Å². The van der Waals surface area contributed by atoms with Crippen LogP contribution in [0.15, 0.2) is 82.6 Å². The molecule has 0 saturated heterocycles. The zero-order valence-electron chi connectivity index (χ0n) is 24.5. The van der Waals surface area contributed by atoms with Crippen molar-refractivity contribution in [3.8, 4) is 5.75 Å². The van der Waals surface area contributed by atoms with Crippen LogP contribution in [0.3, 0.4) is 0 Å². The molecular formula is C31H38ClN3O5S2. The lowest BCUT2D eigenvalue weighted by Gasteiger charge is -2.32. The van der Waals surface area contributed by atoms with Gasteiger partial charge in [-0.05, 0) is 99.7 Å². The smallest absolute Gasteiger partial charge is 0.264 e. The van der Waals surface area contributed by atoms with Gasteiger partial charge in [0.15, 0.2) is 0 Å². The number of ether oxygens (including phenoxy) is 1. The highest BCUT2D eigenvalue weighted by Gasteiger charge is 2.33. The van der Waals surface area contributed by atoms with Crippen LogP contribution in [0.2, 0.25) is 5.02 Å². The van der Waals surface area contributed by atoms with Crippen LogP contribution in [0.5, 0.6) is 5.75 Å². The van der Waals surface area contributed by atoms with Crippen molar-refractivity contribution >= 4 is 50.9 Å². The van der Waals surface area contributed by atoms with Gasteiger partial charge in [-0.15, -0.1) is 11.8 Å². The van der Waals surface area contributed by atoms with Gasteiger partial charge in [0.1, 0.15) is 18.3 Å². The molecule has 8 nitrogen and oxygen atoms in total. The SMILES string of the molecule is CCOc1ccc(N(CC(=O)N(Cc2cccc(Cl)c2)[C@H](C)C(=O)N[C@H](C)CC)S(=O)(=O)c2ccc(SC)cc2)cc1. The number of hydrogen-bond acceptors (Lipinski definition) is 6. The summed E-state index contributed by atoms with van der Waals surface area (Å²) in [6.07, 6.45) is 2.63. The van der Waals surface area contributed by atoms with Crippen LogP contribution in [0.25, 0.3) is 0 Å². The third-order valence-electron chi connectivity index (χ3n) is 6.77. The number of carbonyl (C=O) groups is 2. The van der Waals surface area contributed by atoms with Crippen molar-refractivity contribution in [2.45, 2.75) is 62.5 Å². The minimum absolute atomic E-state index is 0.0472. The van der Waals surface area contributed by atoms with Crippen LogP contribution in [-0.4, -0.2) is 56.6 Å². The van der Waals surface area contributed by atoms with Crippen molar-refractivity contribution in [3.05, 3.63) is 83.4 Å². The molecule has 3 aromatic rings. The molecule has 0 fully saturated rings. The molecule has 0 aromatic heterocycles. The molecule has 0 aliphatic heterocycles. The number of hydrogen-bond donors (Lipinski definition) is 1. The molecule has 2 atom stereocenters. The van der Waals surface area contributed by atoms with E-state index >= 15 is 0 Å². The molecule has 0 saturated carbocycles. The number of thioether (sulfide) groups is 1. The van der Waals surface area contributed by atoms with Gasteiger partial charge in [-0.2, -0.15) is 0 Å². The first kappa shape index (κ1) is 33.3. The van der Waals surface area contributed by atoms with Crippen LogP contribution in [-0.2, 0) is 26.2 Å². The molecule has 0 unspecified atom stereocenters. The summed E-state index contributed by atoms with van der Waals surface area (Å²) >= 11 is 7.70. The molecular weight excluding hydrogens is 594 g/mol. The van der Waals surface area contributed by atoms with E-state index in [0.717, 1.165) is 15.6 Å². The molecule has 0 spiro atoms. The summed E-state index contributed by atoms with van der Waals surface area (Å²) in [5.74, 6) is -0.296. The number of sulfonamides is 1.